The Morgan fingerprint density at radius 3 is 2.76 bits per heavy atom. The molecule has 2 N–H and O–H groups in total. The van der Waals surface area contributed by atoms with Crippen LogP contribution in [-0.2, 0) is 0 Å². The molecule has 1 aromatic rings. The fraction of sp³-hybridized carbons (Fsp3) is 0.615. The summed E-state index contributed by atoms with van der Waals surface area (Å²) in [5, 5.41) is 0. The molecule has 1 aliphatic carbocycles. The van der Waals surface area contributed by atoms with Crippen LogP contribution in [-0.4, -0.2) is 18.2 Å². The summed E-state index contributed by atoms with van der Waals surface area (Å²) in [7, 11) is 0. The highest BCUT2D eigenvalue weighted by atomic mass is 16.5. The van der Waals surface area contributed by atoms with E-state index in [9.17, 15) is 0 Å². The van der Waals surface area contributed by atoms with E-state index in [2.05, 4.69) is 18.8 Å². The summed E-state index contributed by atoms with van der Waals surface area (Å²) in [5.41, 5.74) is 6.38. The Labute approximate surface area is 102 Å². The van der Waals surface area contributed by atoms with E-state index in [0.717, 1.165) is 0 Å². The Morgan fingerprint density at radius 1 is 1.35 bits per heavy atom. The van der Waals surface area contributed by atoms with Crippen molar-refractivity contribution in [1.82, 2.24) is 4.98 Å². The van der Waals surface area contributed by atoms with Gasteiger partial charge in [-0.2, -0.15) is 4.98 Å². The molecule has 94 valence electrons. The van der Waals surface area contributed by atoms with Crippen molar-refractivity contribution in [3.05, 3.63) is 12.1 Å². The minimum absolute atomic E-state index is 0.477. The minimum atomic E-state index is 0.477. The van der Waals surface area contributed by atoms with Crippen molar-refractivity contribution in [3.63, 3.8) is 0 Å². The molecule has 1 aromatic heterocycles. The van der Waals surface area contributed by atoms with E-state index in [1.807, 2.05) is 0 Å². The van der Waals surface area contributed by atoms with E-state index in [0.29, 0.717) is 42.5 Å². The van der Waals surface area contributed by atoms with Gasteiger partial charge in [0.1, 0.15) is 0 Å². The van der Waals surface area contributed by atoms with Gasteiger partial charge in [0.05, 0.1) is 18.9 Å². The van der Waals surface area contributed by atoms with Crippen LogP contribution in [0.1, 0.15) is 26.7 Å². The van der Waals surface area contributed by atoms with Crippen LogP contribution in [0.5, 0.6) is 11.8 Å². The molecule has 1 aliphatic rings. The first kappa shape index (κ1) is 12.0. The molecule has 0 aromatic carbocycles. The zero-order valence-corrected chi connectivity index (χ0v) is 10.5. The van der Waals surface area contributed by atoms with Gasteiger partial charge in [-0.05, 0) is 30.7 Å². The van der Waals surface area contributed by atoms with Gasteiger partial charge >= 0.3 is 0 Å². The van der Waals surface area contributed by atoms with E-state index >= 15 is 0 Å². The van der Waals surface area contributed by atoms with Gasteiger partial charge in [-0.3, -0.25) is 0 Å². The molecule has 1 saturated carbocycles. The zero-order chi connectivity index (χ0) is 12.3. The van der Waals surface area contributed by atoms with E-state index in [4.69, 9.17) is 15.2 Å². The maximum absolute atomic E-state index is 5.81. The second-order valence-corrected chi connectivity index (χ2v) is 5.00. The number of aromatic nitrogens is 1. The van der Waals surface area contributed by atoms with Crippen LogP contribution in [0.2, 0.25) is 0 Å². The molecule has 1 heterocycles. The fourth-order valence-corrected chi connectivity index (χ4v) is 1.36. The lowest BCUT2D eigenvalue weighted by atomic mass is 10.2. The van der Waals surface area contributed by atoms with Crippen molar-refractivity contribution in [1.29, 1.82) is 0 Å². The Morgan fingerprint density at radius 2 is 2.12 bits per heavy atom. The largest absolute Gasteiger partial charge is 0.477 e. The first-order chi connectivity index (χ1) is 8.15. The highest BCUT2D eigenvalue weighted by molar-refractivity contribution is 5.49. The van der Waals surface area contributed by atoms with E-state index in [-0.39, 0.29) is 0 Å². The normalized spacial score (nSPS) is 15.0. The number of rotatable bonds is 6. The molecule has 0 saturated heterocycles. The number of nitrogens with zero attached hydrogens (tertiary/aromatic N) is 1. The van der Waals surface area contributed by atoms with Gasteiger partial charge in [0.25, 0.3) is 0 Å². The van der Waals surface area contributed by atoms with Crippen LogP contribution >= 0.6 is 0 Å². The first-order valence-corrected chi connectivity index (χ1v) is 6.17. The Kier molecular flexibility index (Phi) is 3.71. The average Bonchev–Trinajstić information content (AvgIpc) is 3.10. The second-order valence-electron chi connectivity index (χ2n) is 5.00. The number of hydrogen-bond acceptors (Lipinski definition) is 4. The lowest BCUT2D eigenvalue weighted by Crippen LogP contribution is -2.08. The van der Waals surface area contributed by atoms with Gasteiger partial charge < -0.3 is 15.2 Å². The Bertz CT molecular complexity index is 376. The second kappa shape index (κ2) is 5.25. The monoisotopic (exact) mass is 236 g/mol. The average molecular weight is 236 g/mol. The van der Waals surface area contributed by atoms with Crippen molar-refractivity contribution in [3.8, 4) is 11.8 Å². The molecule has 0 spiro atoms. The summed E-state index contributed by atoms with van der Waals surface area (Å²) in [6.07, 6.45) is 2.51. The van der Waals surface area contributed by atoms with Crippen LogP contribution in [0.4, 0.5) is 5.69 Å². The third-order valence-electron chi connectivity index (χ3n) is 2.58. The van der Waals surface area contributed by atoms with Gasteiger partial charge in [0, 0.05) is 6.07 Å². The topological polar surface area (TPSA) is 57.4 Å². The molecule has 4 nitrogen and oxygen atoms in total. The number of anilines is 1. The summed E-state index contributed by atoms with van der Waals surface area (Å²) in [6, 6.07) is 3.56. The lowest BCUT2D eigenvalue weighted by Gasteiger charge is -2.11. The SMILES string of the molecule is CC(C)COc1ccc(N)c(OCC2CC2)n1. The third-order valence-corrected chi connectivity index (χ3v) is 2.58. The summed E-state index contributed by atoms with van der Waals surface area (Å²) in [4.78, 5) is 4.27. The number of nitrogens with two attached hydrogens (primary N) is 1. The van der Waals surface area contributed by atoms with Crippen molar-refractivity contribution in [2.75, 3.05) is 18.9 Å². The maximum Gasteiger partial charge on any atom is 0.240 e. The summed E-state index contributed by atoms with van der Waals surface area (Å²) >= 11 is 0. The highest BCUT2D eigenvalue weighted by Gasteiger charge is 2.22. The van der Waals surface area contributed by atoms with E-state index in [1.54, 1.807) is 12.1 Å². The molecule has 1 fully saturated rings. The van der Waals surface area contributed by atoms with Crippen LogP contribution in [0.25, 0.3) is 0 Å². The summed E-state index contributed by atoms with van der Waals surface area (Å²) in [6.45, 7) is 5.56. The van der Waals surface area contributed by atoms with Crippen LogP contribution in [0.3, 0.4) is 0 Å². The van der Waals surface area contributed by atoms with Gasteiger partial charge in [-0.25, -0.2) is 0 Å². The number of pyridine rings is 1. The van der Waals surface area contributed by atoms with Gasteiger partial charge in [-0.15, -0.1) is 0 Å². The van der Waals surface area contributed by atoms with E-state index in [1.165, 1.54) is 12.8 Å². The summed E-state index contributed by atoms with van der Waals surface area (Å²) in [5.74, 6) is 2.25. The van der Waals surface area contributed by atoms with Crippen LogP contribution < -0.4 is 15.2 Å². The smallest absolute Gasteiger partial charge is 0.240 e. The predicted molar refractivity (Wildman–Crippen MR) is 67.2 cm³/mol. The highest BCUT2D eigenvalue weighted by Crippen LogP contribution is 2.30. The Hall–Kier alpha value is -1.45. The zero-order valence-electron chi connectivity index (χ0n) is 10.5. The minimum Gasteiger partial charge on any atom is -0.477 e. The number of nitrogen functional groups attached to an aromatic ring is 1. The van der Waals surface area contributed by atoms with Crippen molar-refractivity contribution < 1.29 is 9.47 Å². The number of hydrogen-bond donors (Lipinski definition) is 1. The predicted octanol–water partition coefficient (Wildman–Crippen LogP) is 2.49. The molecule has 0 unspecified atom stereocenters. The van der Waals surface area contributed by atoms with Crippen molar-refractivity contribution in [2.45, 2.75) is 26.7 Å². The van der Waals surface area contributed by atoms with Crippen molar-refractivity contribution >= 4 is 5.69 Å². The molecule has 4 heteroatoms. The molecule has 0 bridgehead atoms. The molecule has 17 heavy (non-hydrogen) atoms. The molecule has 2 rings (SSSR count). The first-order valence-electron chi connectivity index (χ1n) is 6.17. The van der Waals surface area contributed by atoms with Gasteiger partial charge in [0.15, 0.2) is 0 Å². The number of ether oxygens (including phenoxy) is 2. The van der Waals surface area contributed by atoms with Crippen LogP contribution in [0, 0.1) is 11.8 Å². The molecule has 0 amide bonds. The van der Waals surface area contributed by atoms with E-state index < -0.39 is 0 Å². The van der Waals surface area contributed by atoms with Gasteiger partial charge in [-0.1, -0.05) is 13.8 Å². The summed E-state index contributed by atoms with van der Waals surface area (Å²) < 4.78 is 11.1. The molecule has 0 aliphatic heterocycles. The van der Waals surface area contributed by atoms with Crippen molar-refractivity contribution in [2.24, 2.45) is 11.8 Å². The molecular weight excluding hydrogens is 216 g/mol. The molecule has 0 radical (unpaired) electrons. The lowest BCUT2D eigenvalue weighted by molar-refractivity contribution is 0.249. The Balaban J connectivity index is 1.94. The quantitative estimate of drug-likeness (QED) is 0.824. The molecular formula is C13H20N2O2. The molecule has 0 atom stereocenters. The standard InChI is InChI=1S/C13H20N2O2/c1-9(2)7-16-12-6-5-11(14)13(15-12)17-8-10-3-4-10/h5-6,9-10H,3-4,7-8,14H2,1-2H3. The van der Waals surface area contributed by atoms with Crippen LogP contribution in [0.15, 0.2) is 12.1 Å². The van der Waals surface area contributed by atoms with Gasteiger partial charge in [0.2, 0.25) is 11.8 Å². The third kappa shape index (κ3) is 3.80. The fourth-order valence-electron chi connectivity index (χ4n) is 1.36. The maximum atomic E-state index is 5.81.